The molecule has 156 valence electrons. The first-order chi connectivity index (χ1) is 15.0. The molecule has 1 aromatic heterocycles. The van der Waals surface area contributed by atoms with Gasteiger partial charge in [-0.15, -0.1) is 0 Å². The molecule has 3 aromatic carbocycles. The van der Waals surface area contributed by atoms with Crippen LogP contribution in [0.4, 0.5) is 4.39 Å². The van der Waals surface area contributed by atoms with Gasteiger partial charge in [-0.2, -0.15) is 5.10 Å². The number of hydrogen-bond acceptors (Lipinski definition) is 3. The van der Waals surface area contributed by atoms with Crippen molar-refractivity contribution < 1.29 is 9.18 Å². The summed E-state index contributed by atoms with van der Waals surface area (Å²) in [6.45, 7) is 2.07. The zero-order chi connectivity index (χ0) is 22.0. The van der Waals surface area contributed by atoms with Crippen molar-refractivity contribution in [1.29, 1.82) is 0 Å². The third-order valence-corrected chi connectivity index (χ3v) is 5.35. The highest BCUT2D eigenvalue weighted by Crippen LogP contribution is 2.24. The van der Waals surface area contributed by atoms with E-state index < -0.39 is 11.9 Å². The maximum Gasteiger partial charge on any atom is 0.274 e. The lowest BCUT2D eigenvalue weighted by molar-refractivity contribution is 0.0937. The standard InChI is InChI=1S/C25H22FN3O2/c1-3-16-11-13-17(14-12-16)22(18-7-6-8-19(26)15-18)27-24(30)23-20-9-4-5-10-21(20)25(31)29(2)28-23/h4-15,22H,3H2,1-2H3,(H,27,30). The minimum absolute atomic E-state index is 0.143. The molecule has 0 aliphatic rings. The molecule has 0 bridgehead atoms. The Morgan fingerprint density at radius 1 is 1.00 bits per heavy atom. The zero-order valence-corrected chi connectivity index (χ0v) is 17.3. The highest BCUT2D eigenvalue weighted by Gasteiger charge is 2.22. The SMILES string of the molecule is CCc1ccc(C(NC(=O)c2nn(C)c(=O)c3ccccc23)c2cccc(F)c2)cc1. The fraction of sp³-hybridized carbons (Fsp3) is 0.160. The number of carbonyl (C=O) groups is 1. The molecule has 0 fully saturated rings. The smallest absolute Gasteiger partial charge is 0.274 e. The lowest BCUT2D eigenvalue weighted by Gasteiger charge is -2.21. The van der Waals surface area contributed by atoms with E-state index in [1.807, 2.05) is 24.3 Å². The molecule has 0 radical (unpaired) electrons. The van der Waals surface area contributed by atoms with Crippen molar-refractivity contribution in [2.45, 2.75) is 19.4 Å². The lowest BCUT2D eigenvalue weighted by atomic mass is 9.96. The molecule has 5 nitrogen and oxygen atoms in total. The number of rotatable bonds is 5. The summed E-state index contributed by atoms with van der Waals surface area (Å²) in [5.74, 6) is -0.826. The third-order valence-electron chi connectivity index (χ3n) is 5.35. The van der Waals surface area contributed by atoms with Crippen LogP contribution in [0.1, 0.15) is 40.1 Å². The molecule has 0 saturated heterocycles. The van der Waals surface area contributed by atoms with Gasteiger partial charge in [0.25, 0.3) is 11.5 Å². The predicted octanol–water partition coefficient (Wildman–Crippen LogP) is 4.15. The van der Waals surface area contributed by atoms with Crippen molar-refractivity contribution in [3.05, 3.63) is 111 Å². The van der Waals surface area contributed by atoms with Crippen molar-refractivity contribution in [3.8, 4) is 0 Å². The van der Waals surface area contributed by atoms with Crippen LogP contribution in [0.3, 0.4) is 0 Å². The number of amides is 1. The van der Waals surface area contributed by atoms with E-state index in [2.05, 4.69) is 17.3 Å². The first-order valence-corrected chi connectivity index (χ1v) is 10.1. The van der Waals surface area contributed by atoms with Gasteiger partial charge in [-0.3, -0.25) is 9.59 Å². The van der Waals surface area contributed by atoms with Crippen LogP contribution in [0.25, 0.3) is 10.8 Å². The maximum atomic E-state index is 14.0. The minimum Gasteiger partial charge on any atom is -0.340 e. The number of halogens is 1. The van der Waals surface area contributed by atoms with Crippen molar-refractivity contribution in [2.24, 2.45) is 7.05 Å². The first-order valence-electron chi connectivity index (χ1n) is 10.1. The molecule has 0 spiro atoms. The second-order valence-electron chi connectivity index (χ2n) is 7.38. The molecule has 31 heavy (non-hydrogen) atoms. The quantitative estimate of drug-likeness (QED) is 0.533. The molecule has 1 heterocycles. The van der Waals surface area contributed by atoms with Gasteiger partial charge >= 0.3 is 0 Å². The zero-order valence-electron chi connectivity index (χ0n) is 17.3. The van der Waals surface area contributed by atoms with Crippen LogP contribution in [0.15, 0.2) is 77.6 Å². The number of benzene rings is 3. The van der Waals surface area contributed by atoms with E-state index in [9.17, 15) is 14.0 Å². The predicted molar refractivity (Wildman–Crippen MR) is 119 cm³/mol. The highest BCUT2D eigenvalue weighted by molar-refractivity contribution is 6.05. The molecule has 1 N–H and O–H groups in total. The summed E-state index contributed by atoms with van der Waals surface area (Å²) in [5, 5.41) is 8.08. The van der Waals surface area contributed by atoms with Crippen LogP contribution in [0.2, 0.25) is 0 Å². The molecule has 1 unspecified atom stereocenters. The minimum atomic E-state index is -0.577. The molecular weight excluding hydrogens is 393 g/mol. The van der Waals surface area contributed by atoms with Gasteiger partial charge in [0, 0.05) is 12.4 Å². The summed E-state index contributed by atoms with van der Waals surface area (Å²) in [5.41, 5.74) is 2.48. The number of aryl methyl sites for hydroxylation is 2. The van der Waals surface area contributed by atoms with E-state index in [1.165, 1.54) is 24.7 Å². The fourth-order valence-corrected chi connectivity index (χ4v) is 3.66. The van der Waals surface area contributed by atoms with Gasteiger partial charge in [0.15, 0.2) is 5.69 Å². The van der Waals surface area contributed by atoms with Crippen molar-refractivity contribution >= 4 is 16.7 Å². The average molecular weight is 415 g/mol. The Bertz CT molecular complexity index is 1310. The van der Waals surface area contributed by atoms with Crippen LogP contribution in [0.5, 0.6) is 0 Å². The molecule has 0 aliphatic heterocycles. The molecule has 1 atom stereocenters. The van der Waals surface area contributed by atoms with Gasteiger partial charge in [-0.05, 0) is 41.3 Å². The Hall–Kier alpha value is -3.80. The molecule has 4 aromatic rings. The number of nitrogens with zero attached hydrogens (tertiary/aromatic N) is 2. The Balaban J connectivity index is 1.79. The van der Waals surface area contributed by atoms with Crippen molar-refractivity contribution in [1.82, 2.24) is 15.1 Å². The normalized spacial score (nSPS) is 12.0. The van der Waals surface area contributed by atoms with Gasteiger partial charge < -0.3 is 5.32 Å². The second kappa shape index (κ2) is 8.52. The summed E-state index contributed by atoms with van der Waals surface area (Å²) in [4.78, 5) is 25.7. The van der Waals surface area contributed by atoms with Crippen LogP contribution in [-0.4, -0.2) is 15.7 Å². The molecule has 6 heteroatoms. The number of hydrogen-bond donors (Lipinski definition) is 1. The van der Waals surface area contributed by atoms with E-state index in [-0.39, 0.29) is 17.1 Å². The molecular formula is C25H22FN3O2. The summed E-state index contributed by atoms with van der Waals surface area (Å²) in [6, 6.07) is 20.3. The summed E-state index contributed by atoms with van der Waals surface area (Å²) >= 11 is 0. The van der Waals surface area contributed by atoms with Crippen LogP contribution >= 0.6 is 0 Å². The molecule has 4 rings (SSSR count). The summed E-state index contributed by atoms with van der Waals surface area (Å²) in [7, 11) is 1.51. The van der Waals surface area contributed by atoms with E-state index in [1.54, 1.807) is 36.4 Å². The number of aromatic nitrogens is 2. The topological polar surface area (TPSA) is 64.0 Å². The fourth-order valence-electron chi connectivity index (χ4n) is 3.66. The third kappa shape index (κ3) is 4.10. The largest absolute Gasteiger partial charge is 0.340 e. The Labute approximate surface area is 179 Å². The monoisotopic (exact) mass is 415 g/mol. The Morgan fingerprint density at radius 3 is 2.39 bits per heavy atom. The van der Waals surface area contributed by atoms with Crippen LogP contribution < -0.4 is 10.9 Å². The van der Waals surface area contributed by atoms with Gasteiger partial charge in [0.2, 0.25) is 0 Å². The van der Waals surface area contributed by atoms with Crippen molar-refractivity contribution in [2.75, 3.05) is 0 Å². The molecule has 0 saturated carbocycles. The van der Waals surface area contributed by atoms with Gasteiger partial charge in [0.05, 0.1) is 11.4 Å². The number of fused-ring (bicyclic) bond motifs is 1. The molecule has 1 amide bonds. The van der Waals surface area contributed by atoms with Crippen LogP contribution in [0, 0.1) is 5.82 Å². The van der Waals surface area contributed by atoms with Gasteiger partial charge in [0.1, 0.15) is 5.82 Å². The first kappa shape index (κ1) is 20.5. The average Bonchev–Trinajstić information content (AvgIpc) is 2.80. The summed E-state index contributed by atoms with van der Waals surface area (Å²) < 4.78 is 15.1. The van der Waals surface area contributed by atoms with E-state index in [4.69, 9.17) is 0 Å². The van der Waals surface area contributed by atoms with Crippen LogP contribution in [-0.2, 0) is 13.5 Å². The van der Waals surface area contributed by atoms with E-state index in [0.717, 1.165) is 16.7 Å². The highest BCUT2D eigenvalue weighted by atomic mass is 19.1. The van der Waals surface area contributed by atoms with E-state index in [0.29, 0.717) is 16.3 Å². The Morgan fingerprint density at radius 2 is 1.71 bits per heavy atom. The van der Waals surface area contributed by atoms with Gasteiger partial charge in [-0.25, -0.2) is 9.07 Å². The van der Waals surface area contributed by atoms with E-state index >= 15 is 0 Å². The molecule has 0 aliphatic carbocycles. The van der Waals surface area contributed by atoms with Gasteiger partial charge in [-0.1, -0.05) is 61.5 Å². The summed E-state index contributed by atoms with van der Waals surface area (Å²) in [6.07, 6.45) is 0.894. The Kier molecular flexibility index (Phi) is 5.62. The number of nitrogens with one attached hydrogen (secondary N) is 1. The number of carbonyl (C=O) groups excluding carboxylic acids is 1. The van der Waals surface area contributed by atoms with Crippen molar-refractivity contribution in [3.63, 3.8) is 0 Å². The lowest BCUT2D eigenvalue weighted by Crippen LogP contribution is -2.32. The maximum absolute atomic E-state index is 14.0. The second-order valence-corrected chi connectivity index (χ2v) is 7.38.